The minimum Gasteiger partial charge on any atom is -0.300 e. The van der Waals surface area contributed by atoms with Crippen LogP contribution in [0.4, 0.5) is 5.13 Å². The van der Waals surface area contributed by atoms with E-state index < -0.39 is 0 Å². The molecular weight excluding hydrogens is 360 g/mol. The third-order valence-electron chi connectivity index (χ3n) is 4.10. The minimum absolute atomic E-state index is 0.139. The van der Waals surface area contributed by atoms with E-state index in [0.29, 0.717) is 10.8 Å². The van der Waals surface area contributed by atoms with Gasteiger partial charge >= 0.3 is 0 Å². The van der Waals surface area contributed by atoms with Crippen molar-refractivity contribution >= 4 is 22.4 Å². The number of aryl methyl sites for hydroxylation is 3. The maximum Gasteiger partial charge on any atom is 0.267 e. The Morgan fingerprint density at radius 2 is 1.89 bits per heavy atom. The lowest BCUT2D eigenvalue weighted by atomic mass is 10.1. The number of anilines is 1. The molecule has 2 heterocycles. The lowest BCUT2D eigenvalue weighted by molar-refractivity contribution is -0.117. The average Bonchev–Trinajstić information content (AvgIpc) is 2.99. The first-order chi connectivity index (χ1) is 13.0. The molecule has 0 saturated heterocycles. The summed E-state index contributed by atoms with van der Waals surface area (Å²) in [5, 5.41) is 7.36. The number of carbonyl (C=O) groups is 1. The van der Waals surface area contributed by atoms with Gasteiger partial charge in [-0.2, -0.15) is 5.10 Å². The molecule has 0 aliphatic carbocycles. The van der Waals surface area contributed by atoms with E-state index in [0.717, 1.165) is 33.7 Å². The highest BCUT2D eigenvalue weighted by Crippen LogP contribution is 2.30. The van der Waals surface area contributed by atoms with Crippen molar-refractivity contribution in [1.29, 1.82) is 0 Å². The van der Waals surface area contributed by atoms with Gasteiger partial charge in [-0.3, -0.25) is 9.59 Å². The van der Waals surface area contributed by atoms with Crippen molar-refractivity contribution in [3.8, 4) is 11.3 Å². The number of amides is 1. The molecule has 27 heavy (non-hydrogen) atoms. The summed E-state index contributed by atoms with van der Waals surface area (Å²) in [5.74, 6) is -0.325. The quantitative estimate of drug-likeness (QED) is 0.707. The molecule has 0 fully saturated rings. The first-order valence-electron chi connectivity index (χ1n) is 8.87. The number of hydrogen-bond donors (Lipinski definition) is 1. The van der Waals surface area contributed by atoms with E-state index in [-0.39, 0.29) is 18.0 Å². The molecule has 1 aromatic carbocycles. The lowest BCUT2D eigenvalue weighted by Crippen LogP contribution is -2.29. The first kappa shape index (κ1) is 19.0. The van der Waals surface area contributed by atoms with Crippen molar-refractivity contribution < 1.29 is 4.79 Å². The van der Waals surface area contributed by atoms with Gasteiger partial charge in [-0.25, -0.2) is 9.67 Å². The number of nitrogens with one attached hydrogen (secondary N) is 1. The Morgan fingerprint density at radius 1 is 1.15 bits per heavy atom. The molecule has 0 atom stereocenters. The number of benzene rings is 1. The number of aromatic nitrogens is 3. The molecule has 7 heteroatoms. The Hall–Kier alpha value is -2.80. The zero-order chi connectivity index (χ0) is 19.4. The molecular formula is C20H22N4O2S. The van der Waals surface area contributed by atoms with Gasteiger partial charge in [0.15, 0.2) is 5.13 Å². The van der Waals surface area contributed by atoms with Crippen molar-refractivity contribution in [3.63, 3.8) is 0 Å². The predicted molar refractivity (Wildman–Crippen MR) is 108 cm³/mol. The van der Waals surface area contributed by atoms with Gasteiger partial charge in [-0.05, 0) is 31.9 Å². The van der Waals surface area contributed by atoms with Crippen molar-refractivity contribution in [2.75, 3.05) is 5.32 Å². The second-order valence-electron chi connectivity index (χ2n) is 6.39. The maximum atomic E-state index is 12.3. The molecule has 2 aromatic heterocycles. The van der Waals surface area contributed by atoms with E-state index in [4.69, 9.17) is 0 Å². The van der Waals surface area contributed by atoms with Crippen LogP contribution in [0.3, 0.4) is 0 Å². The Labute approximate surface area is 161 Å². The minimum atomic E-state index is -0.325. The normalized spacial score (nSPS) is 10.8. The Kier molecular flexibility index (Phi) is 5.81. The third kappa shape index (κ3) is 4.68. The van der Waals surface area contributed by atoms with E-state index in [1.54, 1.807) is 13.0 Å². The fourth-order valence-electron chi connectivity index (χ4n) is 2.79. The van der Waals surface area contributed by atoms with Crippen LogP contribution in [0, 0.1) is 13.8 Å². The number of rotatable bonds is 6. The van der Waals surface area contributed by atoms with Crippen LogP contribution in [0.15, 0.2) is 41.2 Å². The number of nitrogens with zero attached hydrogens (tertiary/aromatic N) is 3. The van der Waals surface area contributed by atoms with Crippen LogP contribution >= 0.6 is 11.3 Å². The summed E-state index contributed by atoms with van der Waals surface area (Å²) in [6.45, 7) is 5.78. The van der Waals surface area contributed by atoms with Crippen molar-refractivity contribution in [1.82, 2.24) is 14.8 Å². The largest absolute Gasteiger partial charge is 0.300 e. The third-order valence-corrected chi connectivity index (χ3v) is 4.99. The van der Waals surface area contributed by atoms with E-state index in [1.165, 1.54) is 23.0 Å². The molecule has 0 unspecified atom stereocenters. The summed E-state index contributed by atoms with van der Waals surface area (Å²) < 4.78 is 1.15. The van der Waals surface area contributed by atoms with Crippen LogP contribution in [0.2, 0.25) is 0 Å². The molecule has 0 aliphatic rings. The van der Waals surface area contributed by atoms with Crippen LogP contribution in [0.1, 0.15) is 29.5 Å². The molecule has 0 bridgehead atoms. The van der Waals surface area contributed by atoms with E-state index >= 15 is 0 Å². The van der Waals surface area contributed by atoms with Crippen LogP contribution in [-0.2, 0) is 17.8 Å². The first-order valence-corrected chi connectivity index (χ1v) is 9.69. The second kappa shape index (κ2) is 8.26. The van der Waals surface area contributed by atoms with Crippen LogP contribution in [-0.4, -0.2) is 20.7 Å². The highest BCUT2D eigenvalue weighted by Gasteiger charge is 2.13. The molecule has 3 rings (SSSR count). The van der Waals surface area contributed by atoms with Gasteiger partial charge in [-0.1, -0.05) is 37.6 Å². The second-order valence-corrected chi connectivity index (χ2v) is 7.59. The molecule has 0 saturated carbocycles. The summed E-state index contributed by atoms with van der Waals surface area (Å²) in [5.41, 5.74) is 3.57. The molecule has 0 spiro atoms. The fourth-order valence-corrected chi connectivity index (χ4v) is 3.65. The summed E-state index contributed by atoms with van der Waals surface area (Å²) >= 11 is 1.42. The van der Waals surface area contributed by atoms with E-state index in [1.807, 2.05) is 6.92 Å². The fraction of sp³-hybridized carbons (Fsp3) is 0.300. The van der Waals surface area contributed by atoms with Gasteiger partial charge in [0.25, 0.3) is 5.56 Å². The zero-order valence-electron chi connectivity index (χ0n) is 15.7. The molecule has 6 nitrogen and oxygen atoms in total. The molecule has 1 N–H and O–H groups in total. The Morgan fingerprint density at radius 3 is 2.59 bits per heavy atom. The summed E-state index contributed by atoms with van der Waals surface area (Å²) in [4.78, 5) is 29.6. The van der Waals surface area contributed by atoms with Crippen LogP contribution < -0.4 is 10.9 Å². The molecule has 0 radical (unpaired) electrons. The monoisotopic (exact) mass is 382 g/mol. The van der Waals surface area contributed by atoms with Crippen LogP contribution in [0.5, 0.6) is 0 Å². The molecule has 3 aromatic rings. The Balaban J connectivity index is 1.73. The number of carbonyl (C=O) groups excluding carboxylic acids is 1. The van der Waals surface area contributed by atoms with Gasteiger partial charge in [0.1, 0.15) is 6.54 Å². The van der Waals surface area contributed by atoms with Crippen molar-refractivity contribution in [2.45, 2.75) is 40.2 Å². The topological polar surface area (TPSA) is 76.9 Å². The maximum absolute atomic E-state index is 12.3. The zero-order valence-corrected chi connectivity index (χ0v) is 16.5. The smallest absolute Gasteiger partial charge is 0.267 e. The summed E-state index contributed by atoms with van der Waals surface area (Å²) in [6, 6.07) is 11.4. The van der Waals surface area contributed by atoms with E-state index in [2.05, 4.69) is 46.6 Å². The van der Waals surface area contributed by atoms with Crippen LogP contribution in [0.25, 0.3) is 11.3 Å². The van der Waals surface area contributed by atoms with Gasteiger partial charge < -0.3 is 5.32 Å². The predicted octanol–water partition coefficient (Wildman–Crippen LogP) is 3.57. The summed E-state index contributed by atoms with van der Waals surface area (Å²) in [7, 11) is 0. The van der Waals surface area contributed by atoms with Gasteiger partial charge in [0.05, 0.1) is 11.4 Å². The summed E-state index contributed by atoms with van der Waals surface area (Å²) in [6.07, 6.45) is 2.17. The molecule has 1 amide bonds. The number of hydrogen-bond acceptors (Lipinski definition) is 5. The number of thiazole rings is 1. The van der Waals surface area contributed by atoms with E-state index in [9.17, 15) is 9.59 Å². The van der Waals surface area contributed by atoms with Gasteiger partial charge in [0.2, 0.25) is 5.91 Å². The van der Waals surface area contributed by atoms with Gasteiger partial charge in [0, 0.05) is 16.5 Å². The molecule has 140 valence electrons. The highest BCUT2D eigenvalue weighted by atomic mass is 32.1. The van der Waals surface area contributed by atoms with Crippen molar-refractivity contribution in [2.24, 2.45) is 0 Å². The SMILES string of the molecule is CCCc1ccc(-c2nc(NC(=O)Cn3nc(C)ccc3=O)sc2C)cc1. The molecule has 0 aliphatic heterocycles. The lowest BCUT2D eigenvalue weighted by Gasteiger charge is -2.05. The average molecular weight is 382 g/mol. The highest BCUT2D eigenvalue weighted by molar-refractivity contribution is 7.16. The van der Waals surface area contributed by atoms with Gasteiger partial charge in [-0.15, -0.1) is 11.3 Å². The Bertz CT molecular complexity index is 1010. The van der Waals surface area contributed by atoms with Crippen molar-refractivity contribution in [3.05, 3.63) is 62.9 Å². The standard InChI is InChI=1S/C20H22N4O2S/c1-4-5-15-7-9-16(10-8-15)19-14(3)27-20(22-19)21-17(25)12-24-18(26)11-6-13(2)23-24/h6-11H,4-5,12H2,1-3H3,(H,21,22,25).